The average molecular weight is 245 g/mol. The molecule has 0 radical (unpaired) electrons. The zero-order valence-corrected chi connectivity index (χ0v) is 11.9. The van der Waals surface area contributed by atoms with Gasteiger partial charge in [-0.05, 0) is 55.7 Å². The standard InChI is InChI=1S/C17H27N/c1-3-8-15-11-7-10-14-9-5-6-12-16(14)17(15)18-13-4-2/h5-6,9,12,15,17-18H,3-4,7-8,10-11,13H2,1-2H3. The van der Waals surface area contributed by atoms with Crippen LogP contribution < -0.4 is 5.32 Å². The zero-order valence-electron chi connectivity index (χ0n) is 11.9. The molecule has 1 nitrogen and oxygen atoms in total. The Hall–Kier alpha value is -0.820. The molecule has 0 saturated carbocycles. The second-order valence-electron chi connectivity index (χ2n) is 5.57. The highest BCUT2D eigenvalue weighted by molar-refractivity contribution is 5.31. The molecule has 0 fully saturated rings. The Morgan fingerprint density at radius 2 is 2.00 bits per heavy atom. The Morgan fingerprint density at radius 3 is 2.78 bits per heavy atom. The zero-order chi connectivity index (χ0) is 12.8. The van der Waals surface area contributed by atoms with Crippen molar-refractivity contribution in [2.75, 3.05) is 6.54 Å². The Kier molecular flexibility index (Phi) is 5.25. The van der Waals surface area contributed by atoms with E-state index in [0.29, 0.717) is 6.04 Å². The Bertz CT molecular complexity index is 358. The summed E-state index contributed by atoms with van der Waals surface area (Å²) >= 11 is 0. The second kappa shape index (κ2) is 6.94. The second-order valence-corrected chi connectivity index (χ2v) is 5.57. The molecule has 0 saturated heterocycles. The van der Waals surface area contributed by atoms with E-state index in [2.05, 4.69) is 43.4 Å². The van der Waals surface area contributed by atoms with Gasteiger partial charge >= 0.3 is 0 Å². The Balaban J connectivity index is 2.24. The molecule has 0 heterocycles. The fraction of sp³-hybridized carbons (Fsp3) is 0.647. The minimum Gasteiger partial charge on any atom is -0.310 e. The van der Waals surface area contributed by atoms with Crippen molar-refractivity contribution in [3.63, 3.8) is 0 Å². The van der Waals surface area contributed by atoms with Crippen molar-refractivity contribution in [1.82, 2.24) is 5.32 Å². The van der Waals surface area contributed by atoms with Gasteiger partial charge in [-0.15, -0.1) is 0 Å². The van der Waals surface area contributed by atoms with Crippen molar-refractivity contribution in [3.8, 4) is 0 Å². The van der Waals surface area contributed by atoms with Gasteiger partial charge in [-0.2, -0.15) is 0 Å². The third kappa shape index (κ3) is 3.14. The maximum absolute atomic E-state index is 3.80. The molecule has 18 heavy (non-hydrogen) atoms. The van der Waals surface area contributed by atoms with Gasteiger partial charge in [0.05, 0.1) is 0 Å². The lowest BCUT2D eigenvalue weighted by molar-refractivity contribution is 0.322. The van der Waals surface area contributed by atoms with Crippen LogP contribution in [0.2, 0.25) is 0 Å². The first-order valence-electron chi connectivity index (χ1n) is 7.68. The van der Waals surface area contributed by atoms with Gasteiger partial charge in [-0.25, -0.2) is 0 Å². The molecule has 1 aromatic rings. The predicted octanol–water partition coefficient (Wildman–Crippen LogP) is 4.48. The summed E-state index contributed by atoms with van der Waals surface area (Å²) in [7, 11) is 0. The van der Waals surface area contributed by atoms with Crippen LogP contribution in [-0.2, 0) is 6.42 Å². The molecule has 100 valence electrons. The molecule has 0 aliphatic heterocycles. The predicted molar refractivity (Wildman–Crippen MR) is 78.8 cm³/mol. The number of hydrogen-bond donors (Lipinski definition) is 1. The minimum absolute atomic E-state index is 0.587. The molecule has 0 aromatic heterocycles. The summed E-state index contributed by atoms with van der Waals surface area (Å²) in [6, 6.07) is 9.65. The highest BCUT2D eigenvalue weighted by Crippen LogP contribution is 2.35. The van der Waals surface area contributed by atoms with Gasteiger partial charge < -0.3 is 5.32 Å². The molecule has 2 rings (SSSR count). The van der Waals surface area contributed by atoms with Crippen molar-refractivity contribution < 1.29 is 0 Å². The summed E-state index contributed by atoms with van der Waals surface area (Å²) in [6.45, 7) is 5.71. The molecule has 1 aromatic carbocycles. The minimum atomic E-state index is 0.587. The lowest BCUT2D eigenvalue weighted by atomic mass is 9.87. The summed E-state index contributed by atoms with van der Waals surface area (Å²) < 4.78 is 0. The Labute approximate surface area is 112 Å². The number of fused-ring (bicyclic) bond motifs is 1. The van der Waals surface area contributed by atoms with Crippen LogP contribution in [0.3, 0.4) is 0 Å². The van der Waals surface area contributed by atoms with E-state index in [1.807, 2.05) is 0 Å². The number of aryl methyl sites for hydroxylation is 1. The van der Waals surface area contributed by atoms with Gasteiger partial charge in [0.1, 0.15) is 0 Å². The highest BCUT2D eigenvalue weighted by Gasteiger charge is 2.26. The van der Waals surface area contributed by atoms with E-state index in [1.165, 1.54) is 38.5 Å². The lowest BCUT2D eigenvalue weighted by Crippen LogP contribution is -2.29. The molecule has 0 bridgehead atoms. The molecule has 2 unspecified atom stereocenters. The topological polar surface area (TPSA) is 12.0 Å². The SMILES string of the molecule is CCCNC1c2ccccc2CCCC1CCC. The number of hydrogen-bond acceptors (Lipinski definition) is 1. The van der Waals surface area contributed by atoms with Crippen LogP contribution in [0.15, 0.2) is 24.3 Å². The monoisotopic (exact) mass is 245 g/mol. The van der Waals surface area contributed by atoms with Crippen molar-refractivity contribution in [2.45, 2.75) is 58.4 Å². The van der Waals surface area contributed by atoms with E-state index in [4.69, 9.17) is 0 Å². The fourth-order valence-corrected chi connectivity index (χ4v) is 3.30. The van der Waals surface area contributed by atoms with Crippen molar-refractivity contribution in [1.29, 1.82) is 0 Å². The first-order chi connectivity index (χ1) is 8.86. The third-order valence-electron chi connectivity index (χ3n) is 4.16. The molecular formula is C17H27N. The normalized spacial score (nSPS) is 23.4. The quantitative estimate of drug-likeness (QED) is 0.754. The van der Waals surface area contributed by atoms with Gasteiger partial charge in [0.25, 0.3) is 0 Å². The molecule has 1 aliphatic carbocycles. The van der Waals surface area contributed by atoms with Gasteiger partial charge in [-0.1, -0.05) is 44.5 Å². The van der Waals surface area contributed by atoms with E-state index < -0.39 is 0 Å². The van der Waals surface area contributed by atoms with Gasteiger partial charge in [0, 0.05) is 6.04 Å². The molecule has 1 N–H and O–H groups in total. The van der Waals surface area contributed by atoms with Crippen LogP contribution in [-0.4, -0.2) is 6.54 Å². The third-order valence-corrected chi connectivity index (χ3v) is 4.16. The summed E-state index contributed by atoms with van der Waals surface area (Å²) in [4.78, 5) is 0. The smallest absolute Gasteiger partial charge is 0.0351 e. The largest absolute Gasteiger partial charge is 0.310 e. The molecule has 1 aliphatic rings. The molecule has 2 atom stereocenters. The van der Waals surface area contributed by atoms with Crippen LogP contribution in [0, 0.1) is 5.92 Å². The first kappa shape index (κ1) is 13.6. The van der Waals surface area contributed by atoms with Crippen molar-refractivity contribution >= 4 is 0 Å². The fourth-order valence-electron chi connectivity index (χ4n) is 3.30. The van der Waals surface area contributed by atoms with Crippen LogP contribution >= 0.6 is 0 Å². The van der Waals surface area contributed by atoms with E-state index in [0.717, 1.165) is 12.5 Å². The van der Waals surface area contributed by atoms with E-state index in [1.54, 1.807) is 11.1 Å². The highest BCUT2D eigenvalue weighted by atomic mass is 14.9. The molecular weight excluding hydrogens is 218 g/mol. The maximum atomic E-state index is 3.80. The number of nitrogens with one attached hydrogen (secondary N) is 1. The van der Waals surface area contributed by atoms with Gasteiger partial charge in [-0.3, -0.25) is 0 Å². The first-order valence-corrected chi connectivity index (χ1v) is 7.68. The number of rotatable bonds is 5. The summed E-state index contributed by atoms with van der Waals surface area (Å²) in [5.74, 6) is 0.824. The van der Waals surface area contributed by atoms with Crippen LogP contribution in [0.4, 0.5) is 0 Å². The molecule has 0 amide bonds. The number of benzene rings is 1. The summed E-state index contributed by atoms with van der Waals surface area (Å²) in [6.07, 6.45) is 7.88. The lowest BCUT2D eigenvalue weighted by Gasteiger charge is -2.27. The molecule has 1 heteroatoms. The van der Waals surface area contributed by atoms with Crippen molar-refractivity contribution in [2.24, 2.45) is 5.92 Å². The van der Waals surface area contributed by atoms with Gasteiger partial charge in [0.15, 0.2) is 0 Å². The Morgan fingerprint density at radius 1 is 1.17 bits per heavy atom. The van der Waals surface area contributed by atoms with Crippen LogP contribution in [0.5, 0.6) is 0 Å². The summed E-state index contributed by atoms with van der Waals surface area (Å²) in [5, 5.41) is 3.80. The van der Waals surface area contributed by atoms with E-state index in [-0.39, 0.29) is 0 Å². The van der Waals surface area contributed by atoms with Crippen LogP contribution in [0.25, 0.3) is 0 Å². The molecule has 0 spiro atoms. The van der Waals surface area contributed by atoms with Crippen LogP contribution in [0.1, 0.15) is 63.1 Å². The maximum Gasteiger partial charge on any atom is 0.0351 e. The van der Waals surface area contributed by atoms with E-state index in [9.17, 15) is 0 Å². The summed E-state index contributed by atoms with van der Waals surface area (Å²) in [5.41, 5.74) is 3.15. The van der Waals surface area contributed by atoms with E-state index >= 15 is 0 Å². The van der Waals surface area contributed by atoms with Crippen molar-refractivity contribution in [3.05, 3.63) is 35.4 Å². The average Bonchev–Trinajstić information content (AvgIpc) is 2.56. The van der Waals surface area contributed by atoms with Gasteiger partial charge in [0.2, 0.25) is 0 Å².